The van der Waals surface area contributed by atoms with E-state index in [9.17, 15) is 0 Å². The zero-order chi connectivity index (χ0) is 14.0. The number of nitrogens with zero attached hydrogens (tertiary/aromatic N) is 2. The lowest BCUT2D eigenvalue weighted by molar-refractivity contribution is 0.410. The average Bonchev–Trinajstić information content (AvgIpc) is 2.34. The van der Waals surface area contributed by atoms with Crippen LogP contribution in [0.4, 0.5) is 5.95 Å². The minimum Gasteiger partial charge on any atom is -0.496 e. The molecule has 1 aromatic heterocycles. The van der Waals surface area contributed by atoms with Gasteiger partial charge in [-0.3, -0.25) is 0 Å². The summed E-state index contributed by atoms with van der Waals surface area (Å²) in [5.41, 5.74) is 8.20. The van der Waals surface area contributed by atoms with E-state index in [1.165, 1.54) is 0 Å². The molecule has 0 fully saturated rings. The van der Waals surface area contributed by atoms with Gasteiger partial charge in [0.05, 0.1) is 7.11 Å². The number of hydrogen-bond acceptors (Lipinski definition) is 4. The maximum Gasteiger partial charge on any atom is 0.221 e. The van der Waals surface area contributed by atoms with Gasteiger partial charge in [0.2, 0.25) is 5.95 Å². The highest BCUT2D eigenvalue weighted by molar-refractivity contribution is 9.10. The van der Waals surface area contributed by atoms with Gasteiger partial charge < -0.3 is 10.5 Å². The Morgan fingerprint density at radius 1 is 1.37 bits per heavy atom. The molecule has 2 rings (SSSR count). The first-order chi connectivity index (χ1) is 9.01. The van der Waals surface area contributed by atoms with Gasteiger partial charge in [-0.25, -0.2) is 9.97 Å². The number of benzene rings is 1. The zero-order valence-corrected chi connectivity index (χ0v) is 12.9. The molecular weight excluding hydrogens is 330 g/mol. The van der Waals surface area contributed by atoms with Crippen LogP contribution in [0.1, 0.15) is 16.8 Å². The van der Waals surface area contributed by atoms with Crippen molar-refractivity contribution in [2.45, 2.75) is 13.3 Å². The van der Waals surface area contributed by atoms with Crippen molar-refractivity contribution in [3.05, 3.63) is 44.6 Å². The highest BCUT2D eigenvalue weighted by Crippen LogP contribution is 2.28. The second-order valence-electron chi connectivity index (χ2n) is 4.07. The molecule has 19 heavy (non-hydrogen) atoms. The Morgan fingerprint density at radius 2 is 2.11 bits per heavy atom. The summed E-state index contributed by atoms with van der Waals surface area (Å²) in [5, 5.41) is 0.382. The second kappa shape index (κ2) is 5.75. The van der Waals surface area contributed by atoms with E-state index >= 15 is 0 Å². The number of aryl methyl sites for hydroxylation is 1. The van der Waals surface area contributed by atoms with Gasteiger partial charge >= 0.3 is 0 Å². The summed E-state index contributed by atoms with van der Waals surface area (Å²) in [6.45, 7) is 1.86. The van der Waals surface area contributed by atoms with Crippen LogP contribution in [0.5, 0.6) is 5.75 Å². The fourth-order valence-electron chi connectivity index (χ4n) is 1.86. The summed E-state index contributed by atoms with van der Waals surface area (Å²) in [4.78, 5) is 8.13. The van der Waals surface area contributed by atoms with Crippen molar-refractivity contribution in [2.24, 2.45) is 0 Å². The summed E-state index contributed by atoms with van der Waals surface area (Å²) < 4.78 is 6.33. The zero-order valence-electron chi connectivity index (χ0n) is 10.6. The van der Waals surface area contributed by atoms with Gasteiger partial charge in [0.1, 0.15) is 10.9 Å². The number of halogens is 2. The number of ether oxygens (including phenoxy) is 1. The molecular formula is C13H13BrClN3O. The van der Waals surface area contributed by atoms with Gasteiger partial charge in [-0.05, 0) is 30.7 Å². The van der Waals surface area contributed by atoms with Crippen LogP contribution >= 0.6 is 27.5 Å². The van der Waals surface area contributed by atoms with Crippen LogP contribution in [0.15, 0.2) is 22.7 Å². The molecule has 2 N–H and O–H groups in total. The quantitative estimate of drug-likeness (QED) is 0.869. The summed E-state index contributed by atoms with van der Waals surface area (Å²) in [6, 6.07) is 5.82. The molecule has 0 radical (unpaired) electrons. The van der Waals surface area contributed by atoms with Crippen LogP contribution in [0, 0.1) is 6.92 Å². The van der Waals surface area contributed by atoms with Crippen molar-refractivity contribution in [1.29, 1.82) is 0 Å². The van der Waals surface area contributed by atoms with E-state index in [1.807, 2.05) is 25.1 Å². The van der Waals surface area contributed by atoms with E-state index < -0.39 is 0 Å². The molecule has 0 aliphatic heterocycles. The molecule has 0 amide bonds. The third-order valence-corrected chi connectivity index (χ3v) is 3.60. The Balaban J connectivity index is 2.44. The maximum atomic E-state index is 6.14. The van der Waals surface area contributed by atoms with Crippen LogP contribution in [-0.4, -0.2) is 17.1 Å². The monoisotopic (exact) mass is 341 g/mol. The molecule has 0 saturated heterocycles. The number of aromatic nitrogens is 2. The molecule has 6 heteroatoms. The Labute approximate surface area is 125 Å². The third-order valence-electron chi connectivity index (χ3n) is 2.79. The Kier molecular flexibility index (Phi) is 4.27. The first-order valence-corrected chi connectivity index (χ1v) is 6.79. The SMILES string of the molecule is COc1ccc(Br)cc1Cc1c(C)nc(N)nc1Cl. The van der Waals surface area contributed by atoms with E-state index in [0.717, 1.165) is 27.0 Å². The van der Waals surface area contributed by atoms with E-state index in [4.69, 9.17) is 22.1 Å². The molecule has 0 bridgehead atoms. The van der Waals surface area contributed by atoms with Gasteiger partial charge in [-0.15, -0.1) is 0 Å². The standard InChI is InChI=1S/C13H13BrClN3O/c1-7-10(12(15)18-13(16)17-7)6-8-5-9(14)3-4-11(8)19-2/h3-5H,6H2,1-2H3,(H2,16,17,18). The molecule has 0 atom stereocenters. The number of nitrogens with two attached hydrogens (primary N) is 1. The summed E-state index contributed by atoms with van der Waals surface area (Å²) in [7, 11) is 1.64. The largest absolute Gasteiger partial charge is 0.496 e. The molecule has 0 aliphatic rings. The van der Waals surface area contributed by atoms with Gasteiger partial charge in [-0.2, -0.15) is 0 Å². The molecule has 1 heterocycles. The predicted molar refractivity (Wildman–Crippen MR) is 79.7 cm³/mol. The number of methoxy groups -OCH3 is 1. The molecule has 100 valence electrons. The molecule has 0 unspecified atom stereocenters. The minimum atomic E-state index is 0.187. The molecule has 1 aromatic carbocycles. The van der Waals surface area contributed by atoms with E-state index in [2.05, 4.69) is 25.9 Å². The van der Waals surface area contributed by atoms with Crippen LogP contribution in [0.3, 0.4) is 0 Å². The lowest BCUT2D eigenvalue weighted by atomic mass is 10.0. The van der Waals surface area contributed by atoms with Crippen molar-refractivity contribution in [3.8, 4) is 5.75 Å². The molecule has 2 aromatic rings. The van der Waals surface area contributed by atoms with E-state index in [1.54, 1.807) is 7.11 Å². The predicted octanol–water partition coefficient (Wildman–Crippen LogP) is 3.38. The van der Waals surface area contributed by atoms with Crippen LogP contribution < -0.4 is 10.5 Å². The van der Waals surface area contributed by atoms with Crippen LogP contribution in [0.25, 0.3) is 0 Å². The minimum absolute atomic E-state index is 0.187. The average molecular weight is 343 g/mol. The fourth-order valence-corrected chi connectivity index (χ4v) is 2.56. The lowest BCUT2D eigenvalue weighted by Gasteiger charge is -2.11. The summed E-state index contributed by atoms with van der Waals surface area (Å²) in [5.74, 6) is 0.989. The van der Waals surface area contributed by atoms with E-state index in [-0.39, 0.29) is 5.95 Å². The van der Waals surface area contributed by atoms with Crippen molar-refractivity contribution >= 4 is 33.5 Å². The van der Waals surface area contributed by atoms with Gasteiger partial charge in [0.15, 0.2) is 0 Å². The molecule has 4 nitrogen and oxygen atoms in total. The highest BCUT2D eigenvalue weighted by atomic mass is 79.9. The maximum absolute atomic E-state index is 6.14. The smallest absolute Gasteiger partial charge is 0.221 e. The normalized spacial score (nSPS) is 10.5. The number of nitrogen functional groups attached to an aromatic ring is 1. The van der Waals surface area contributed by atoms with Gasteiger partial charge in [0, 0.05) is 22.2 Å². The van der Waals surface area contributed by atoms with Crippen LogP contribution in [-0.2, 0) is 6.42 Å². The van der Waals surface area contributed by atoms with Crippen molar-refractivity contribution < 1.29 is 4.74 Å². The first-order valence-electron chi connectivity index (χ1n) is 5.62. The van der Waals surface area contributed by atoms with Gasteiger partial charge in [-0.1, -0.05) is 27.5 Å². The molecule has 0 spiro atoms. The lowest BCUT2D eigenvalue weighted by Crippen LogP contribution is -2.04. The summed E-state index contributed by atoms with van der Waals surface area (Å²) in [6.07, 6.45) is 0.591. The first kappa shape index (κ1) is 14.1. The van der Waals surface area contributed by atoms with Crippen molar-refractivity contribution in [2.75, 3.05) is 12.8 Å². The van der Waals surface area contributed by atoms with Crippen LogP contribution in [0.2, 0.25) is 5.15 Å². The number of anilines is 1. The number of hydrogen-bond donors (Lipinski definition) is 1. The summed E-state index contributed by atoms with van der Waals surface area (Å²) >= 11 is 9.58. The topological polar surface area (TPSA) is 61.0 Å². The number of rotatable bonds is 3. The van der Waals surface area contributed by atoms with Gasteiger partial charge in [0.25, 0.3) is 0 Å². The highest BCUT2D eigenvalue weighted by Gasteiger charge is 2.12. The Hall–Kier alpha value is -1.33. The second-order valence-corrected chi connectivity index (χ2v) is 5.34. The fraction of sp³-hybridized carbons (Fsp3) is 0.231. The molecule has 0 saturated carbocycles. The molecule has 0 aliphatic carbocycles. The van der Waals surface area contributed by atoms with E-state index in [0.29, 0.717) is 11.6 Å². The van der Waals surface area contributed by atoms with Crippen molar-refractivity contribution in [1.82, 2.24) is 9.97 Å². The third kappa shape index (κ3) is 3.16. The Morgan fingerprint density at radius 3 is 2.74 bits per heavy atom. The van der Waals surface area contributed by atoms with Crippen molar-refractivity contribution in [3.63, 3.8) is 0 Å². The Bertz CT molecular complexity index is 596.